The number of fused-ring (bicyclic) bond motifs is 2. The molecular formula is C23H30N4O5S. The van der Waals surface area contributed by atoms with Gasteiger partial charge in [0, 0.05) is 48.2 Å². The summed E-state index contributed by atoms with van der Waals surface area (Å²) in [5.74, 6) is 2.36. The highest BCUT2D eigenvalue weighted by Gasteiger charge is 2.42. The highest BCUT2D eigenvalue weighted by Crippen LogP contribution is 2.35. The number of hydrogen-bond donors (Lipinski definition) is 3. The van der Waals surface area contributed by atoms with Crippen LogP contribution in [0.25, 0.3) is 0 Å². The summed E-state index contributed by atoms with van der Waals surface area (Å²) in [5.41, 5.74) is 0.697. The van der Waals surface area contributed by atoms with Gasteiger partial charge in [-0.1, -0.05) is 6.42 Å². The van der Waals surface area contributed by atoms with Gasteiger partial charge in [-0.05, 0) is 37.8 Å². The SMILES string of the molecule is O=C1N[C@H]2[C@H](CS[C@H]2CCCCC(=O)N2CCC(C(=O)Nc3ccc4c(c3)OCO4)CC2)N1. The first-order valence-electron chi connectivity index (χ1n) is 11.7. The van der Waals surface area contributed by atoms with Gasteiger partial charge in [-0.3, -0.25) is 9.59 Å². The predicted molar refractivity (Wildman–Crippen MR) is 124 cm³/mol. The standard InChI is InChI=1S/C23H30N4O5S/c28-20(4-2-1-3-19-21-16(12-33-19)25-23(30)26-21)27-9-7-14(8-10-27)22(29)24-15-5-6-17-18(11-15)32-13-31-17/h5-6,11,14,16,19,21H,1-4,7-10,12-13H2,(H,24,29)(H2,25,26,30)/t16-,19-,21-/m0/s1. The van der Waals surface area contributed by atoms with Crippen molar-refractivity contribution in [3.8, 4) is 11.5 Å². The third kappa shape index (κ3) is 5.00. The molecular weight excluding hydrogens is 444 g/mol. The summed E-state index contributed by atoms with van der Waals surface area (Å²) in [5, 5.41) is 9.37. The van der Waals surface area contributed by atoms with Crippen molar-refractivity contribution in [1.82, 2.24) is 15.5 Å². The second kappa shape index (κ2) is 9.70. The van der Waals surface area contributed by atoms with Crippen molar-refractivity contribution >= 4 is 35.3 Å². The van der Waals surface area contributed by atoms with Crippen LogP contribution in [-0.2, 0) is 9.59 Å². The lowest BCUT2D eigenvalue weighted by molar-refractivity contribution is -0.134. The first-order valence-corrected chi connectivity index (χ1v) is 12.8. The van der Waals surface area contributed by atoms with Gasteiger partial charge in [-0.15, -0.1) is 0 Å². The lowest BCUT2D eigenvalue weighted by atomic mass is 9.95. The van der Waals surface area contributed by atoms with E-state index in [4.69, 9.17) is 9.47 Å². The van der Waals surface area contributed by atoms with Crippen molar-refractivity contribution in [2.45, 2.75) is 55.9 Å². The molecule has 178 valence electrons. The molecule has 0 spiro atoms. The number of piperidine rings is 1. The molecule has 0 aliphatic carbocycles. The maximum atomic E-state index is 12.7. The maximum Gasteiger partial charge on any atom is 0.315 e. The summed E-state index contributed by atoms with van der Waals surface area (Å²) in [4.78, 5) is 38.7. The molecule has 4 aliphatic heterocycles. The van der Waals surface area contributed by atoms with Gasteiger partial charge in [0.1, 0.15) is 0 Å². The van der Waals surface area contributed by atoms with Gasteiger partial charge in [0.2, 0.25) is 18.6 Å². The molecule has 0 aromatic heterocycles. The number of carbonyl (C=O) groups is 3. The zero-order valence-corrected chi connectivity index (χ0v) is 19.3. The number of hydrogen-bond acceptors (Lipinski definition) is 6. The van der Waals surface area contributed by atoms with Gasteiger partial charge < -0.3 is 30.3 Å². The van der Waals surface area contributed by atoms with E-state index in [0.717, 1.165) is 25.0 Å². The number of likely N-dealkylation sites (tertiary alicyclic amines) is 1. The molecule has 3 fully saturated rings. The Morgan fingerprint density at radius 2 is 1.94 bits per heavy atom. The van der Waals surface area contributed by atoms with E-state index in [2.05, 4.69) is 16.0 Å². The second-order valence-corrected chi connectivity index (χ2v) is 10.4. The predicted octanol–water partition coefficient (Wildman–Crippen LogP) is 2.32. The molecule has 5 rings (SSSR count). The molecule has 1 aromatic carbocycles. The van der Waals surface area contributed by atoms with Crippen molar-refractivity contribution in [2.24, 2.45) is 5.92 Å². The fourth-order valence-corrected chi connectivity index (χ4v) is 6.58. The molecule has 9 nitrogen and oxygen atoms in total. The molecule has 0 radical (unpaired) electrons. The van der Waals surface area contributed by atoms with E-state index in [-0.39, 0.29) is 42.6 Å². The molecule has 0 saturated carbocycles. The average molecular weight is 475 g/mol. The number of nitrogens with zero attached hydrogens (tertiary/aromatic N) is 1. The maximum absolute atomic E-state index is 12.7. The van der Waals surface area contributed by atoms with Crippen LogP contribution in [0.3, 0.4) is 0 Å². The minimum Gasteiger partial charge on any atom is -0.454 e. The van der Waals surface area contributed by atoms with E-state index in [1.807, 2.05) is 22.7 Å². The summed E-state index contributed by atoms with van der Waals surface area (Å²) in [7, 11) is 0. The summed E-state index contributed by atoms with van der Waals surface area (Å²) in [6.07, 6.45) is 4.76. The quantitative estimate of drug-likeness (QED) is 0.413. The number of thioether (sulfide) groups is 1. The van der Waals surface area contributed by atoms with Crippen LogP contribution in [0.4, 0.5) is 10.5 Å². The van der Waals surface area contributed by atoms with Crippen LogP contribution in [0, 0.1) is 5.92 Å². The van der Waals surface area contributed by atoms with Crippen LogP contribution in [0.15, 0.2) is 18.2 Å². The first-order chi connectivity index (χ1) is 16.1. The molecule has 4 amide bonds. The lowest BCUT2D eigenvalue weighted by Crippen LogP contribution is -2.41. The van der Waals surface area contributed by atoms with E-state index >= 15 is 0 Å². The Balaban J connectivity index is 0.997. The van der Waals surface area contributed by atoms with Crippen LogP contribution >= 0.6 is 11.8 Å². The largest absolute Gasteiger partial charge is 0.454 e. The highest BCUT2D eigenvalue weighted by molar-refractivity contribution is 8.00. The minimum atomic E-state index is -0.0953. The fourth-order valence-electron chi connectivity index (χ4n) is 5.03. The molecule has 0 bridgehead atoms. The molecule has 10 heteroatoms. The van der Waals surface area contributed by atoms with Crippen LogP contribution in [0.1, 0.15) is 38.5 Å². The second-order valence-electron chi connectivity index (χ2n) is 9.08. The van der Waals surface area contributed by atoms with E-state index in [9.17, 15) is 14.4 Å². The highest BCUT2D eigenvalue weighted by atomic mass is 32.2. The number of anilines is 1. The summed E-state index contributed by atoms with van der Waals surface area (Å²) < 4.78 is 10.7. The van der Waals surface area contributed by atoms with Crippen molar-refractivity contribution < 1.29 is 23.9 Å². The average Bonchev–Trinajstić information content (AvgIpc) is 3.52. The number of benzene rings is 1. The monoisotopic (exact) mass is 474 g/mol. The zero-order valence-electron chi connectivity index (χ0n) is 18.5. The Bertz CT molecular complexity index is 920. The van der Waals surface area contributed by atoms with Crippen LogP contribution in [0.2, 0.25) is 0 Å². The topological polar surface area (TPSA) is 109 Å². The number of amides is 4. The molecule has 4 heterocycles. The van der Waals surface area contributed by atoms with Crippen molar-refractivity contribution in [3.05, 3.63) is 18.2 Å². The van der Waals surface area contributed by atoms with Gasteiger partial charge >= 0.3 is 6.03 Å². The van der Waals surface area contributed by atoms with Gasteiger partial charge in [-0.2, -0.15) is 11.8 Å². The van der Waals surface area contributed by atoms with Crippen molar-refractivity contribution in [3.63, 3.8) is 0 Å². The number of unbranched alkanes of at least 4 members (excludes halogenated alkanes) is 1. The van der Waals surface area contributed by atoms with E-state index in [1.165, 1.54) is 0 Å². The Hall–Kier alpha value is -2.62. The Morgan fingerprint density at radius 3 is 2.79 bits per heavy atom. The van der Waals surface area contributed by atoms with Crippen LogP contribution in [0.5, 0.6) is 11.5 Å². The molecule has 3 atom stereocenters. The first kappa shape index (κ1) is 22.2. The number of rotatable bonds is 7. The molecule has 1 aromatic rings. The lowest BCUT2D eigenvalue weighted by Gasteiger charge is -2.31. The Morgan fingerprint density at radius 1 is 1.12 bits per heavy atom. The van der Waals surface area contributed by atoms with E-state index in [1.54, 1.807) is 12.1 Å². The summed E-state index contributed by atoms with van der Waals surface area (Å²) in [6, 6.07) is 5.80. The Kier molecular flexibility index (Phi) is 6.52. The zero-order chi connectivity index (χ0) is 22.8. The fraction of sp³-hybridized carbons (Fsp3) is 0.609. The number of ether oxygens (including phenoxy) is 2. The molecule has 3 saturated heterocycles. The third-order valence-corrected chi connectivity index (χ3v) is 8.43. The normalized spacial score (nSPS) is 26.0. The smallest absolute Gasteiger partial charge is 0.315 e. The molecule has 4 aliphatic rings. The van der Waals surface area contributed by atoms with Crippen molar-refractivity contribution in [1.29, 1.82) is 0 Å². The summed E-state index contributed by atoms with van der Waals surface area (Å²) in [6.45, 7) is 1.45. The molecule has 3 N–H and O–H groups in total. The Labute approximate surface area is 197 Å². The van der Waals surface area contributed by atoms with Crippen LogP contribution < -0.4 is 25.4 Å². The molecule has 0 unspecified atom stereocenters. The minimum absolute atomic E-state index is 0.0122. The van der Waals surface area contributed by atoms with Gasteiger partial charge in [-0.25, -0.2) is 4.79 Å². The third-order valence-electron chi connectivity index (χ3n) is 6.93. The van der Waals surface area contributed by atoms with E-state index < -0.39 is 0 Å². The van der Waals surface area contributed by atoms with Crippen LogP contribution in [-0.4, -0.2) is 65.7 Å². The van der Waals surface area contributed by atoms with Crippen molar-refractivity contribution in [2.75, 3.05) is 31.0 Å². The summed E-state index contributed by atoms with van der Waals surface area (Å²) >= 11 is 1.91. The van der Waals surface area contributed by atoms with Gasteiger partial charge in [0.05, 0.1) is 12.1 Å². The van der Waals surface area contributed by atoms with Gasteiger partial charge in [0.15, 0.2) is 11.5 Å². The molecule has 33 heavy (non-hydrogen) atoms. The number of carbonyl (C=O) groups excluding carboxylic acids is 3. The number of urea groups is 1. The number of nitrogens with one attached hydrogen (secondary N) is 3. The van der Waals surface area contributed by atoms with Gasteiger partial charge in [0.25, 0.3) is 0 Å². The van der Waals surface area contributed by atoms with E-state index in [0.29, 0.717) is 54.8 Å².